The molecule has 0 bridgehead atoms. The molecule has 3 aromatic rings. The van der Waals surface area contributed by atoms with Crippen molar-refractivity contribution in [2.24, 2.45) is 0 Å². The van der Waals surface area contributed by atoms with Gasteiger partial charge >= 0.3 is 0 Å². The lowest BCUT2D eigenvalue weighted by Gasteiger charge is -2.39. The minimum Gasteiger partial charge on any atom is -0.412 e. The summed E-state index contributed by atoms with van der Waals surface area (Å²) < 4.78 is 7.34. The molecule has 0 fully saturated rings. The maximum absolute atomic E-state index is 13.0. The molecule has 7 heteroatoms. The fourth-order valence-electron chi connectivity index (χ4n) is 3.42. The van der Waals surface area contributed by atoms with Gasteiger partial charge in [0, 0.05) is 47.0 Å². The van der Waals surface area contributed by atoms with Gasteiger partial charge in [-0.15, -0.1) is 0 Å². The van der Waals surface area contributed by atoms with Gasteiger partial charge in [-0.1, -0.05) is 32.9 Å². The molecule has 166 valence electrons. The van der Waals surface area contributed by atoms with E-state index in [0.29, 0.717) is 12.1 Å². The van der Waals surface area contributed by atoms with E-state index in [-0.39, 0.29) is 17.0 Å². The molecule has 0 saturated heterocycles. The van der Waals surface area contributed by atoms with Crippen molar-refractivity contribution in [2.75, 3.05) is 13.6 Å². The van der Waals surface area contributed by atoms with Crippen LogP contribution in [0.15, 0.2) is 47.2 Å². The second-order valence-corrected chi connectivity index (χ2v) is 15.4. The Labute approximate surface area is 194 Å². The fraction of sp³-hybridized carbons (Fsp3) is 0.417. The van der Waals surface area contributed by atoms with Crippen LogP contribution in [0, 0.1) is 0 Å². The van der Waals surface area contributed by atoms with Crippen LogP contribution in [0.1, 0.15) is 38.1 Å². The van der Waals surface area contributed by atoms with Crippen molar-refractivity contribution in [3.05, 3.63) is 52.8 Å². The standard InChI is InChI=1S/C24H32BrN3O2Si/c1-16(30-31(6,7)24(2,3)4)15-28(5)23(29)18-10-8-17(9-11-18)21-14-27-22-20(21)12-19(25)13-26-22/h8-14,16H,15H2,1-7H3,(H,26,27)/t16-/m0/s1. The zero-order valence-corrected chi connectivity index (χ0v) is 22.0. The molecule has 3 rings (SSSR count). The number of halogens is 1. The number of pyridine rings is 1. The Kier molecular flexibility index (Phi) is 6.79. The number of nitrogens with zero attached hydrogens (tertiary/aromatic N) is 2. The average molecular weight is 503 g/mol. The van der Waals surface area contributed by atoms with Crippen molar-refractivity contribution < 1.29 is 9.22 Å². The van der Waals surface area contributed by atoms with Crippen LogP contribution in [-0.4, -0.2) is 48.8 Å². The van der Waals surface area contributed by atoms with E-state index in [4.69, 9.17) is 4.43 Å². The molecule has 0 aliphatic rings. The van der Waals surface area contributed by atoms with Gasteiger partial charge < -0.3 is 14.3 Å². The first-order valence-corrected chi connectivity index (χ1v) is 14.3. The van der Waals surface area contributed by atoms with Crippen LogP contribution in [0.5, 0.6) is 0 Å². The first kappa shape index (κ1) is 23.7. The summed E-state index contributed by atoms with van der Waals surface area (Å²) in [6.45, 7) is 13.8. The van der Waals surface area contributed by atoms with E-state index in [2.05, 4.69) is 66.7 Å². The number of aromatic amines is 1. The van der Waals surface area contributed by atoms with Crippen LogP contribution < -0.4 is 0 Å². The lowest BCUT2D eigenvalue weighted by Crippen LogP contribution is -2.46. The van der Waals surface area contributed by atoms with E-state index in [1.54, 1.807) is 11.1 Å². The van der Waals surface area contributed by atoms with Crippen molar-refractivity contribution in [2.45, 2.75) is 51.9 Å². The van der Waals surface area contributed by atoms with Crippen LogP contribution in [-0.2, 0) is 4.43 Å². The summed E-state index contributed by atoms with van der Waals surface area (Å²) in [5.41, 5.74) is 3.62. The summed E-state index contributed by atoms with van der Waals surface area (Å²) in [4.78, 5) is 22.3. The number of benzene rings is 1. The van der Waals surface area contributed by atoms with Gasteiger partial charge in [-0.25, -0.2) is 4.98 Å². The smallest absolute Gasteiger partial charge is 0.253 e. The predicted molar refractivity (Wildman–Crippen MR) is 134 cm³/mol. The highest BCUT2D eigenvalue weighted by molar-refractivity contribution is 9.10. The Hall–Kier alpha value is -1.96. The lowest BCUT2D eigenvalue weighted by atomic mass is 10.0. The number of aromatic nitrogens is 2. The lowest BCUT2D eigenvalue weighted by molar-refractivity contribution is 0.0714. The second-order valence-electron chi connectivity index (χ2n) is 9.70. The van der Waals surface area contributed by atoms with Gasteiger partial charge in [-0.3, -0.25) is 4.79 Å². The van der Waals surface area contributed by atoms with Crippen molar-refractivity contribution >= 4 is 41.2 Å². The Morgan fingerprint density at radius 3 is 2.52 bits per heavy atom. The van der Waals surface area contributed by atoms with Crippen LogP contribution in [0.4, 0.5) is 0 Å². The van der Waals surface area contributed by atoms with Crippen LogP contribution in [0.2, 0.25) is 18.1 Å². The number of likely N-dealkylation sites (N-methyl/N-ethyl adjacent to an activating group) is 1. The first-order chi connectivity index (χ1) is 14.4. The van der Waals surface area contributed by atoms with Gasteiger partial charge in [0.1, 0.15) is 5.65 Å². The Morgan fingerprint density at radius 2 is 1.90 bits per heavy atom. The highest BCUT2D eigenvalue weighted by Gasteiger charge is 2.38. The Balaban J connectivity index is 1.70. The molecule has 31 heavy (non-hydrogen) atoms. The molecular weight excluding hydrogens is 470 g/mol. The topological polar surface area (TPSA) is 58.2 Å². The Morgan fingerprint density at radius 1 is 1.26 bits per heavy atom. The maximum Gasteiger partial charge on any atom is 0.253 e. The van der Waals surface area contributed by atoms with Crippen molar-refractivity contribution in [3.8, 4) is 11.1 Å². The van der Waals surface area contributed by atoms with Crippen molar-refractivity contribution in [3.63, 3.8) is 0 Å². The number of nitrogens with one attached hydrogen (secondary N) is 1. The average Bonchev–Trinajstić information content (AvgIpc) is 3.09. The summed E-state index contributed by atoms with van der Waals surface area (Å²) in [5.74, 6) is 0.000527. The largest absolute Gasteiger partial charge is 0.412 e. The van der Waals surface area contributed by atoms with Gasteiger partial charge in [0.2, 0.25) is 0 Å². The molecule has 0 saturated carbocycles. The number of hydrogen-bond donors (Lipinski definition) is 1. The number of carbonyl (C=O) groups is 1. The molecule has 1 amide bonds. The molecule has 0 radical (unpaired) electrons. The van der Waals surface area contributed by atoms with E-state index in [1.807, 2.05) is 43.6 Å². The van der Waals surface area contributed by atoms with Gasteiger partial charge in [0.05, 0.1) is 6.10 Å². The van der Waals surface area contributed by atoms with E-state index >= 15 is 0 Å². The Bertz CT molecular complexity index is 1070. The molecule has 1 aromatic carbocycles. The zero-order chi connectivity index (χ0) is 23.0. The third-order valence-electron chi connectivity index (χ3n) is 6.12. The number of rotatable bonds is 6. The highest BCUT2D eigenvalue weighted by Crippen LogP contribution is 2.37. The molecular formula is C24H32BrN3O2Si. The monoisotopic (exact) mass is 501 g/mol. The van der Waals surface area contributed by atoms with Gasteiger partial charge in [-0.05, 0) is 64.7 Å². The highest BCUT2D eigenvalue weighted by atomic mass is 79.9. The van der Waals surface area contributed by atoms with Crippen molar-refractivity contribution in [1.82, 2.24) is 14.9 Å². The number of amides is 1. The third-order valence-corrected chi connectivity index (χ3v) is 11.2. The minimum absolute atomic E-state index is 0.000527. The zero-order valence-electron chi connectivity index (χ0n) is 19.4. The van der Waals surface area contributed by atoms with Gasteiger partial charge in [-0.2, -0.15) is 0 Å². The van der Waals surface area contributed by atoms with E-state index in [1.165, 1.54) is 0 Å². The molecule has 2 aromatic heterocycles. The number of hydrogen-bond acceptors (Lipinski definition) is 3. The van der Waals surface area contributed by atoms with Crippen molar-refractivity contribution in [1.29, 1.82) is 0 Å². The summed E-state index contributed by atoms with van der Waals surface area (Å²) in [7, 11) is -0.0253. The quantitative estimate of drug-likeness (QED) is 0.393. The molecule has 0 spiro atoms. The molecule has 5 nitrogen and oxygen atoms in total. The number of H-pyrrole nitrogens is 1. The molecule has 1 atom stereocenters. The molecule has 1 N–H and O–H groups in total. The number of fused-ring (bicyclic) bond motifs is 1. The van der Waals surface area contributed by atoms with Crippen LogP contribution >= 0.6 is 15.9 Å². The molecule has 0 aliphatic heterocycles. The summed E-state index contributed by atoms with van der Waals surface area (Å²) in [5, 5.41) is 1.19. The van der Waals surface area contributed by atoms with E-state index in [9.17, 15) is 4.79 Å². The van der Waals surface area contributed by atoms with Gasteiger partial charge in [0.15, 0.2) is 8.32 Å². The first-order valence-electron chi connectivity index (χ1n) is 10.6. The SMILES string of the molecule is C[C@@H](CN(C)C(=O)c1ccc(-c2c[nH]c3ncc(Br)cc23)cc1)O[Si](C)(C)C(C)(C)C. The second kappa shape index (κ2) is 8.88. The fourth-order valence-corrected chi connectivity index (χ4v) is 5.18. The summed E-state index contributed by atoms with van der Waals surface area (Å²) in [6.07, 6.45) is 3.72. The number of carbonyl (C=O) groups excluding carboxylic acids is 1. The summed E-state index contributed by atoms with van der Waals surface area (Å²) in [6, 6.07) is 9.79. The molecule has 2 heterocycles. The molecule has 0 aliphatic carbocycles. The third kappa shape index (κ3) is 5.27. The maximum atomic E-state index is 13.0. The van der Waals surface area contributed by atoms with E-state index in [0.717, 1.165) is 26.6 Å². The van der Waals surface area contributed by atoms with Crippen LogP contribution in [0.3, 0.4) is 0 Å². The minimum atomic E-state index is -1.86. The van der Waals surface area contributed by atoms with Gasteiger partial charge in [0.25, 0.3) is 5.91 Å². The normalized spacial score (nSPS) is 13.4. The predicted octanol–water partition coefficient (Wildman–Crippen LogP) is 6.47. The van der Waals surface area contributed by atoms with E-state index < -0.39 is 8.32 Å². The van der Waals surface area contributed by atoms with Crippen LogP contribution in [0.25, 0.3) is 22.2 Å². The molecule has 0 unspecified atom stereocenters. The summed E-state index contributed by atoms with van der Waals surface area (Å²) >= 11 is 3.48.